The van der Waals surface area contributed by atoms with E-state index >= 15 is 0 Å². The Balaban J connectivity index is 1.71. The smallest absolute Gasteiger partial charge is 0.471 e. The maximum Gasteiger partial charge on any atom is 0.471 e. The van der Waals surface area contributed by atoms with Gasteiger partial charge >= 0.3 is 22.3 Å². The Morgan fingerprint density at radius 1 is 1.00 bits per heavy atom. The van der Waals surface area contributed by atoms with Gasteiger partial charge in [0.1, 0.15) is 18.0 Å². The maximum atomic E-state index is 12.6. The first-order chi connectivity index (χ1) is 16.5. The minimum absolute atomic E-state index is 0.0553. The topological polar surface area (TPSA) is 108 Å². The maximum absolute atomic E-state index is 12.6. The van der Waals surface area contributed by atoms with Gasteiger partial charge in [0.15, 0.2) is 0 Å². The van der Waals surface area contributed by atoms with Crippen LogP contribution in [0, 0.1) is 0 Å². The number of rotatable bonds is 6. The van der Waals surface area contributed by atoms with Crippen LogP contribution in [0.1, 0.15) is 5.56 Å². The SMILES string of the molecule is O=C(Nc1cccc(-c2ccc(OCc3ccccc3)c(N3C=C(O)NS3(=O)=O)c2)c1)C(F)(F)F. The summed E-state index contributed by atoms with van der Waals surface area (Å²) >= 11 is 0. The molecule has 0 aliphatic carbocycles. The van der Waals surface area contributed by atoms with E-state index in [0.29, 0.717) is 11.1 Å². The number of ether oxygens (including phenoxy) is 1. The molecule has 3 N–H and O–H groups in total. The van der Waals surface area contributed by atoms with Crippen molar-refractivity contribution < 1.29 is 36.2 Å². The lowest BCUT2D eigenvalue weighted by Gasteiger charge is -2.20. The van der Waals surface area contributed by atoms with E-state index in [0.717, 1.165) is 16.1 Å². The molecule has 3 aromatic rings. The van der Waals surface area contributed by atoms with Crippen molar-refractivity contribution in [2.24, 2.45) is 0 Å². The number of benzene rings is 3. The Morgan fingerprint density at radius 2 is 1.71 bits per heavy atom. The van der Waals surface area contributed by atoms with Crippen molar-refractivity contribution in [1.82, 2.24) is 4.72 Å². The molecule has 0 saturated heterocycles. The summed E-state index contributed by atoms with van der Waals surface area (Å²) in [5.41, 5.74) is 1.61. The Kier molecular flexibility index (Phi) is 6.31. The fourth-order valence-electron chi connectivity index (χ4n) is 3.29. The number of aliphatic hydroxyl groups excluding tert-OH is 1. The lowest BCUT2D eigenvalue weighted by molar-refractivity contribution is -0.167. The van der Waals surface area contributed by atoms with Gasteiger partial charge in [-0.1, -0.05) is 48.5 Å². The number of nitrogens with zero attached hydrogens (tertiary/aromatic N) is 1. The lowest BCUT2D eigenvalue weighted by atomic mass is 10.0. The van der Waals surface area contributed by atoms with Gasteiger partial charge in [0, 0.05) is 5.69 Å². The second-order valence-corrected chi connectivity index (χ2v) is 8.95. The van der Waals surface area contributed by atoms with E-state index in [4.69, 9.17) is 4.74 Å². The fraction of sp³-hybridized carbons (Fsp3) is 0.0870. The van der Waals surface area contributed by atoms with E-state index in [1.165, 1.54) is 30.3 Å². The number of alkyl halides is 3. The molecule has 0 saturated carbocycles. The van der Waals surface area contributed by atoms with Crippen molar-refractivity contribution in [2.75, 3.05) is 9.62 Å². The van der Waals surface area contributed by atoms with E-state index in [1.54, 1.807) is 17.4 Å². The minimum Gasteiger partial charge on any atom is -0.493 e. The summed E-state index contributed by atoms with van der Waals surface area (Å²) in [6.07, 6.45) is -4.09. The van der Waals surface area contributed by atoms with Crippen LogP contribution in [0.25, 0.3) is 11.1 Å². The van der Waals surface area contributed by atoms with Crippen molar-refractivity contribution in [2.45, 2.75) is 12.8 Å². The van der Waals surface area contributed by atoms with Crippen LogP contribution in [0.15, 0.2) is 84.9 Å². The van der Waals surface area contributed by atoms with Crippen LogP contribution in [-0.4, -0.2) is 25.6 Å². The van der Waals surface area contributed by atoms with Crippen molar-refractivity contribution in [3.8, 4) is 16.9 Å². The number of nitrogens with one attached hydrogen (secondary N) is 2. The van der Waals surface area contributed by atoms with Gasteiger partial charge in [-0.25, -0.2) is 9.03 Å². The van der Waals surface area contributed by atoms with Gasteiger partial charge in [-0.3, -0.25) is 4.79 Å². The third-order valence-corrected chi connectivity index (χ3v) is 6.16. The van der Waals surface area contributed by atoms with E-state index in [1.807, 2.05) is 35.1 Å². The molecule has 8 nitrogen and oxygen atoms in total. The van der Waals surface area contributed by atoms with E-state index in [2.05, 4.69) is 0 Å². The molecule has 4 rings (SSSR count). The average molecular weight is 505 g/mol. The molecule has 1 heterocycles. The molecule has 0 unspecified atom stereocenters. The third-order valence-electron chi connectivity index (χ3n) is 4.88. The monoisotopic (exact) mass is 505 g/mol. The van der Waals surface area contributed by atoms with Crippen molar-refractivity contribution in [3.63, 3.8) is 0 Å². The van der Waals surface area contributed by atoms with E-state index in [9.17, 15) is 31.5 Å². The average Bonchev–Trinajstić information content (AvgIpc) is 3.09. The number of carbonyl (C=O) groups is 1. The van der Waals surface area contributed by atoms with Crippen LogP contribution >= 0.6 is 0 Å². The summed E-state index contributed by atoms with van der Waals surface area (Å²) in [5, 5.41) is 11.5. The van der Waals surface area contributed by atoms with Crippen molar-refractivity contribution in [1.29, 1.82) is 0 Å². The number of hydrogen-bond donors (Lipinski definition) is 3. The van der Waals surface area contributed by atoms with Gasteiger partial charge in [-0.15, -0.1) is 0 Å². The third kappa shape index (κ3) is 5.49. The van der Waals surface area contributed by atoms with Gasteiger partial charge < -0.3 is 15.2 Å². The van der Waals surface area contributed by atoms with Crippen molar-refractivity contribution >= 4 is 27.5 Å². The zero-order chi connectivity index (χ0) is 25.2. The number of carbonyl (C=O) groups excluding carboxylic acids is 1. The Morgan fingerprint density at radius 3 is 2.37 bits per heavy atom. The van der Waals surface area contributed by atoms with E-state index < -0.39 is 28.2 Å². The van der Waals surface area contributed by atoms with Crippen LogP contribution in [-0.2, 0) is 21.6 Å². The summed E-state index contributed by atoms with van der Waals surface area (Å²) in [5.74, 6) is -2.54. The minimum atomic E-state index is -5.05. The summed E-state index contributed by atoms with van der Waals surface area (Å²) < 4.78 is 71.4. The van der Waals surface area contributed by atoms with Gasteiger partial charge in [0.05, 0.1) is 6.20 Å². The van der Waals surface area contributed by atoms with Crippen LogP contribution in [0.5, 0.6) is 5.75 Å². The summed E-state index contributed by atoms with van der Waals surface area (Å²) in [6.45, 7) is 0.128. The second-order valence-electron chi connectivity index (χ2n) is 7.41. The molecule has 35 heavy (non-hydrogen) atoms. The molecule has 0 radical (unpaired) electrons. The predicted molar refractivity (Wildman–Crippen MR) is 123 cm³/mol. The van der Waals surface area contributed by atoms with Crippen LogP contribution < -0.4 is 19.1 Å². The molecule has 0 atom stereocenters. The molecule has 0 fully saturated rings. The number of aliphatic hydroxyl groups is 1. The predicted octanol–water partition coefficient (Wildman–Crippen LogP) is 4.44. The Labute approximate surface area is 198 Å². The molecule has 1 aliphatic heterocycles. The summed E-state index contributed by atoms with van der Waals surface area (Å²) in [7, 11) is -4.16. The molecule has 0 bridgehead atoms. The number of halogens is 3. The Bertz CT molecular complexity index is 1390. The molecular weight excluding hydrogens is 487 g/mol. The first-order valence-corrected chi connectivity index (χ1v) is 11.5. The molecule has 0 aromatic heterocycles. The molecule has 0 spiro atoms. The number of amides is 1. The Hall–Kier alpha value is -4.19. The molecular formula is C23H18F3N3O5S. The first-order valence-electron chi connectivity index (χ1n) is 10.1. The summed E-state index contributed by atoms with van der Waals surface area (Å²) in [4.78, 5) is 11.3. The zero-order valence-corrected chi connectivity index (χ0v) is 18.6. The highest BCUT2D eigenvalue weighted by Crippen LogP contribution is 2.37. The second kappa shape index (κ2) is 9.22. The summed E-state index contributed by atoms with van der Waals surface area (Å²) in [6, 6.07) is 19.3. The molecule has 12 heteroatoms. The number of hydrogen-bond acceptors (Lipinski definition) is 5. The van der Waals surface area contributed by atoms with Gasteiger partial charge in [-0.2, -0.15) is 21.6 Å². The first kappa shape index (κ1) is 24.0. The highest BCUT2D eigenvalue weighted by molar-refractivity contribution is 7.91. The van der Waals surface area contributed by atoms with Gasteiger partial charge in [0.25, 0.3) is 0 Å². The molecule has 1 aliphatic rings. The lowest BCUT2D eigenvalue weighted by Crippen LogP contribution is -2.30. The van der Waals surface area contributed by atoms with Gasteiger partial charge in [0.2, 0.25) is 5.88 Å². The van der Waals surface area contributed by atoms with E-state index in [-0.39, 0.29) is 23.7 Å². The zero-order valence-electron chi connectivity index (χ0n) is 17.8. The standard InChI is InChI=1S/C23H18F3N3O5S/c24-23(25,26)22(31)27-18-8-4-7-16(11-18)17-9-10-20(34-14-15-5-2-1-3-6-15)19(12-17)29-13-21(30)28-35(29,32)33/h1-13,28,30H,14H2,(H,27,31). The highest BCUT2D eigenvalue weighted by atomic mass is 32.2. The highest BCUT2D eigenvalue weighted by Gasteiger charge is 2.38. The molecule has 1 amide bonds. The van der Waals surface area contributed by atoms with Gasteiger partial charge in [-0.05, 0) is 41.0 Å². The van der Waals surface area contributed by atoms with Crippen molar-refractivity contribution in [3.05, 3.63) is 90.4 Å². The molecule has 182 valence electrons. The number of anilines is 2. The molecule has 3 aromatic carbocycles. The normalized spacial score (nSPS) is 14.7. The largest absolute Gasteiger partial charge is 0.493 e. The van der Waals surface area contributed by atoms with Crippen LogP contribution in [0.2, 0.25) is 0 Å². The quantitative estimate of drug-likeness (QED) is 0.459. The van der Waals surface area contributed by atoms with Crippen LogP contribution in [0.3, 0.4) is 0 Å². The van der Waals surface area contributed by atoms with Crippen LogP contribution in [0.4, 0.5) is 24.5 Å². The fourth-order valence-corrected chi connectivity index (χ4v) is 4.35.